The highest BCUT2D eigenvalue weighted by Crippen LogP contribution is 2.14. The number of anilines is 1. The molecule has 0 amide bonds. The van der Waals surface area contributed by atoms with E-state index < -0.39 is 0 Å². The van der Waals surface area contributed by atoms with Crippen molar-refractivity contribution in [2.75, 3.05) is 12.3 Å². The van der Waals surface area contributed by atoms with Gasteiger partial charge in [0.05, 0.1) is 5.69 Å². The number of nitrogens with zero attached hydrogens (tertiary/aromatic N) is 4. The van der Waals surface area contributed by atoms with Crippen molar-refractivity contribution in [1.82, 2.24) is 29.8 Å². The number of nitrogen functional groups attached to an aromatic ring is 1. The lowest BCUT2D eigenvalue weighted by Crippen LogP contribution is -2.20. The Hall–Kier alpha value is -3.52. The Labute approximate surface area is 174 Å². The van der Waals surface area contributed by atoms with Crippen LogP contribution in [0.15, 0.2) is 53.6 Å². The van der Waals surface area contributed by atoms with Crippen molar-refractivity contribution in [3.05, 3.63) is 76.2 Å². The molecule has 1 aromatic carbocycles. The second-order valence-corrected chi connectivity index (χ2v) is 7.20. The van der Waals surface area contributed by atoms with Gasteiger partial charge in [0.25, 0.3) is 0 Å². The Morgan fingerprint density at radius 1 is 1.17 bits per heavy atom. The molecule has 0 aliphatic rings. The number of fused-ring (bicyclic) bond motifs is 1. The summed E-state index contributed by atoms with van der Waals surface area (Å²) in [4.78, 5) is 27.8. The maximum absolute atomic E-state index is 12.4. The van der Waals surface area contributed by atoms with Gasteiger partial charge in [-0.25, -0.2) is 14.8 Å². The van der Waals surface area contributed by atoms with Crippen molar-refractivity contribution in [3.8, 4) is 5.69 Å². The van der Waals surface area contributed by atoms with Crippen LogP contribution in [0.25, 0.3) is 16.7 Å². The van der Waals surface area contributed by atoms with E-state index in [1.54, 1.807) is 10.8 Å². The van der Waals surface area contributed by atoms with E-state index >= 15 is 0 Å². The first-order valence-electron chi connectivity index (χ1n) is 10.1. The molecular formula is C22H25N7O. The summed E-state index contributed by atoms with van der Waals surface area (Å²) < 4.78 is 1.58. The zero-order chi connectivity index (χ0) is 20.9. The first-order valence-corrected chi connectivity index (χ1v) is 10.1. The van der Waals surface area contributed by atoms with Crippen LogP contribution < -0.4 is 16.7 Å². The molecule has 0 spiro atoms. The largest absolute Gasteiger partial charge is 0.368 e. The van der Waals surface area contributed by atoms with Gasteiger partial charge < -0.3 is 16.0 Å². The monoisotopic (exact) mass is 403 g/mol. The van der Waals surface area contributed by atoms with Gasteiger partial charge in [0, 0.05) is 35.7 Å². The maximum Gasteiger partial charge on any atom is 0.354 e. The average molecular weight is 403 g/mol. The quantitative estimate of drug-likeness (QED) is 0.389. The number of hydrogen-bond acceptors (Lipinski definition) is 6. The fourth-order valence-electron chi connectivity index (χ4n) is 3.38. The van der Waals surface area contributed by atoms with E-state index in [2.05, 4.69) is 32.2 Å². The van der Waals surface area contributed by atoms with E-state index in [9.17, 15) is 4.79 Å². The minimum Gasteiger partial charge on any atom is -0.368 e. The summed E-state index contributed by atoms with van der Waals surface area (Å²) in [6.07, 6.45) is 6.22. The van der Waals surface area contributed by atoms with Crippen LogP contribution in [0.5, 0.6) is 0 Å². The predicted molar refractivity (Wildman–Crippen MR) is 118 cm³/mol. The summed E-state index contributed by atoms with van der Waals surface area (Å²) >= 11 is 0. The zero-order valence-corrected chi connectivity index (χ0v) is 16.9. The summed E-state index contributed by atoms with van der Waals surface area (Å²) in [5.41, 5.74) is 9.93. The van der Waals surface area contributed by atoms with E-state index in [0.29, 0.717) is 11.6 Å². The molecule has 0 atom stereocenters. The van der Waals surface area contributed by atoms with E-state index in [-0.39, 0.29) is 5.69 Å². The molecule has 8 nitrogen and oxygen atoms in total. The van der Waals surface area contributed by atoms with Gasteiger partial charge in [0.2, 0.25) is 5.95 Å². The minimum atomic E-state index is -0.289. The van der Waals surface area contributed by atoms with Crippen molar-refractivity contribution < 1.29 is 0 Å². The highest BCUT2D eigenvalue weighted by atomic mass is 16.1. The van der Waals surface area contributed by atoms with E-state index in [1.807, 2.05) is 42.6 Å². The Kier molecular flexibility index (Phi) is 5.85. The normalized spacial score (nSPS) is 11.2. The molecule has 0 bridgehead atoms. The number of hydrogen-bond donors (Lipinski definition) is 3. The number of aromatic amines is 1. The molecule has 0 saturated carbocycles. The zero-order valence-electron chi connectivity index (χ0n) is 16.9. The van der Waals surface area contributed by atoms with Gasteiger partial charge in [0.1, 0.15) is 5.65 Å². The van der Waals surface area contributed by atoms with Gasteiger partial charge in [0.15, 0.2) is 0 Å². The Morgan fingerprint density at radius 3 is 2.77 bits per heavy atom. The van der Waals surface area contributed by atoms with Gasteiger partial charge in [-0.3, -0.25) is 4.57 Å². The molecule has 0 fully saturated rings. The maximum atomic E-state index is 12.4. The second-order valence-electron chi connectivity index (χ2n) is 7.20. The molecule has 0 radical (unpaired) electrons. The first-order chi connectivity index (χ1) is 14.6. The topological polar surface area (TPSA) is 115 Å². The summed E-state index contributed by atoms with van der Waals surface area (Å²) in [5.74, 6) is 0.316. The van der Waals surface area contributed by atoms with Gasteiger partial charge in [-0.05, 0) is 55.6 Å². The number of rotatable bonds is 8. The first kappa shape index (κ1) is 19.8. The van der Waals surface area contributed by atoms with Crippen LogP contribution in [0, 0.1) is 0 Å². The van der Waals surface area contributed by atoms with Crippen LogP contribution in [0.2, 0.25) is 0 Å². The molecule has 4 aromatic rings. The highest BCUT2D eigenvalue weighted by Gasteiger charge is 2.07. The Morgan fingerprint density at radius 2 is 2.00 bits per heavy atom. The Balaban J connectivity index is 1.34. The standard InChI is InChI=1S/C22H25N7O/c1-2-17-12-16-14-29(22(30)28-20(16)26-17)19-7-5-15(6-8-19)13-24-10-3-4-18-9-11-25-21(23)27-18/h5-9,11-12,14,24H,2-4,10,13H2,1H3,(H2,23,25,27)(H,26,28,30). The molecule has 3 heterocycles. The SMILES string of the molecule is CCc1cc2cn(-c3ccc(CNCCCc4ccnc(N)n4)cc3)c(=O)nc2[nH]1. The van der Waals surface area contributed by atoms with Gasteiger partial charge in [-0.1, -0.05) is 19.1 Å². The van der Waals surface area contributed by atoms with Crippen LogP contribution in [-0.4, -0.2) is 31.0 Å². The van der Waals surface area contributed by atoms with Crippen LogP contribution in [0.1, 0.15) is 30.3 Å². The highest BCUT2D eigenvalue weighted by molar-refractivity contribution is 5.75. The van der Waals surface area contributed by atoms with E-state index in [1.165, 1.54) is 0 Å². The molecule has 3 aromatic heterocycles. The molecule has 0 aliphatic heterocycles. The van der Waals surface area contributed by atoms with Crippen LogP contribution >= 0.6 is 0 Å². The molecule has 0 aliphatic carbocycles. The summed E-state index contributed by atoms with van der Waals surface area (Å²) in [6, 6.07) is 11.9. The lowest BCUT2D eigenvalue weighted by Gasteiger charge is -2.08. The third-order valence-corrected chi connectivity index (χ3v) is 5.01. The fraction of sp³-hybridized carbons (Fsp3) is 0.273. The number of aromatic nitrogens is 5. The van der Waals surface area contributed by atoms with Crippen molar-refractivity contribution in [1.29, 1.82) is 0 Å². The Bertz CT molecular complexity index is 1190. The van der Waals surface area contributed by atoms with Gasteiger partial charge in [-0.15, -0.1) is 0 Å². The van der Waals surface area contributed by atoms with Crippen molar-refractivity contribution in [2.45, 2.75) is 32.7 Å². The van der Waals surface area contributed by atoms with Crippen LogP contribution in [0.4, 0.5) is 5.95 Å². The number of nitrogens with two attached hydrogens (primary N) is 1. The number of aryl methyl sites for hydroxylation is 2. The smallest absolute Gasteiger partial charge is 0.354 e. The third kappa shape index (κ3) is 4.55. The summed E-state index contributed by atoms with van der Waals surface area (Å²) in [7, 11) is 0. The molecule has 0 saturated heterocycles. The summed E-state index contributed by atoms with van der Waals surface area (Å²) in [5, 5.41) is 4.36. The van der Waals surface area contributed by atoms with Gasteiger partial charge in [-0.2, -0.15) is 4.98 Å². The number of benzene rings is 1. The molecule has 4 N–H and O–H groups in total. The van der Waals surface area contributed by atoms with E-state index in [0.717, 1.165) is 60.4 Å². The molecule has 8 heteroatoms. The number of nitrogens with one attached hydrogen (secondary N) is 2. The second kappa shape index (κ2) is 8.87. The lowest BCUT2D eigenvalue weighted by molar-refractivity contribution is 0.644. The van der Waals surface area contributed by atoms with Crippen molar-refractivity contribution in [3.63, 3.8) is 0 Å². The molecule has 30 heavy (non-hydrogen) atoms. The summed E-state index contributed by atoms with van der Waals surface area (Å²) in [6.45, 7) is 3.70. The minimum absolute atomic E-state index is 0.289. The van der Waals surface area contributed by atoms with Crippen LogP contribution in [-0.2, 0) is 19.4 Å². The van der Waals surface area contributed by atoms with Crippen molar-refractivity contribution in [2.24, 2.45) is 0 Å². The average Bonchev–Trinajstić information content (AvgIpc) is 3.15. The molecular weight excluding hydrogens is 378 g/mol. The molecule has 0 unspecified atom stereocenters. The molecule has 154 valence electrons. The lowest BCUT2D eigenvalue weighted by atomic mass is 10.2. The van der Waals surface area contributed by atoms with Crippen LogP contribution in [0.3, 0.4) is 0 Å². The predicted octanol–water partition coefficient (Wildman–Crippen LogP) is 2.37. The van der Waals surface area contributed by atoms with Crippen molar-refractivity contribution >= 4 is 17.0 Å². The van der Waals surface area contributed by atoms with Gasteiger partial charge >= 0.3 is 5.69 Å². The third-order valence-electron chi connectivity index (χ3n) is 5.01. The fourth-order valence-corrected chi connectivity index (χ4v) is 3.38. The molecule has 4 rings (SSSR count). The van der Waals surface area contributed by atoms with E-state index in [4.69, 9.17) is 5.73 Å². The number of H-pyrrole nitrogens is 1.